The highest BCUT2D eigenvalue weighted by molar-refractivity contribution is 6.30. The van der Waals surface area contributed by atoms with Gasteiger partial charge in [0.25, 0.3) is 0 Å². The zero-order valence-electron chi connectivity index (χ0n) is 13.4. The van der Waals surface area contributed by atoms with Gasteiger partial charge in [0.1, 0.15) is 17.3 Å². The van der Waals surface area contributed by atoms with Gasteiger partial charge in [0.2, 0.25) is 0 Å². The fraction of sp³-hybridized carbons (Fsp3) is 0.467. The number of rotatable bonds is 2. The summed E-state index contributed by atoms with van der Waals surface area (Å²) in [6, 6.07) is 0.189. The molecule has 1 unspecified atom stereocenters. The van der Waals surface area contributed by atoms with E-state index < -0.39 is 0 Å². The van der Waals surface area contributed by atoms with Crippen LogP contribution in [0.5, 0.6) is 0 Å². The van der Waals surface area contributed by atoms with E-state index in [1.54, 1.807) is 15.7 Å². The van der Waals surface area contributed by atoms with Gasteiger partial charge in [-0.15, -0.1) is 0 Å². The number of aromatic nitrogens is 6. The van der Waals surface area contributed by atoms with Crippen molar-refractivity contribution < 1.29 is 0 Å². The predicted octanol–water partition coefficient (Wildman–Crippen LogP) is 2.40. The number of hydrogen-bond acceptors (Lipinski definition) is 5. The van der Waals surface area contributed by atoms with E-state index in [0.29, 0.717) is 5.15 Å². The molecule has 23 heavy (non-hydrogen) atoms. The van der Waals surface area contributed by atoms with Crippen molar-refractivity contribution in [1.82, 2.24) is 29.5 Å². The molecule has 3 aromatic rings. The Balaban J connectivity index is 1.84. The van der Waals surface area contributed by atoms with Crippen LogP contribution >= 0.6 is 11.6 Å². The quantitative estimate of drug-likeness (QED) is 0.721. The molecule has 0 aliphatic carbocycles. The van der Waals surface area contributed by atoms with Gasteiger partial charge in [0.05, 0.1) is 23.3 Å². The predicted molar refractivity (Wildman–Crippen MR) is 88.6 cm³/mol. The van der Waals surface area contributed by atoms with Crippen molar-refractivity contribution in [2.75, 3.05) is 11.4 Å². The van der Waals surface area contributed by atoms with Crippen LogP contribution in [0.4, 0.5) is 5.82 Å². The van der Waals surface area contributed by atoms with Gasteiger partial charge in [-0.25, -0.2) is 9.97 Å². The molecule has 120 valence electrons. The largest absolute Gasteiger partial charge is 0.349 e. The van der Waals surface area contributed by atoms with E-state index in [4.69, 9.17) is 11.6 Å². The van der Waals surface area contributed by atoms with Gasteiger partial charge in [0, 0.05) is 26.2 Å². The summed E-state index contributed by atoms with van der Waals surface area (Å²) in [5.41, 5.74) is 2.92. The van der Waals surface area contributed by atoms with Crippen LogP contribution in [0, 0.1) is 6.92 Å². The molecular formula is C15H18ClN7. The second-order valence-electron chi connectivity index (χ2n) is 5.97. The summed E-state index contributed by atoms with van der Waals surface area (Å²) in [5.74, 6) is 0.921. The number of hydrogen-bond donors (Lipinski definition) is 0. The maximum atomic E-state index is 6.49. The average Bonchev–Trinajstić information content (AvgIpc) is 3.20. The first kappa shape index (κ1) is 14.4. The summed E-state index contributed by atoms with van der Waals surface area (Å²) < 4.78 is 3.51. The highest BCUT2D eigenvalue weighted by Gasteiger charge is 2.33. The van der Waals surface area contributed by atoms with Crippen molar-refractivity contribution in [3.63, 3.8) is 0 Å². The Hall–Kier alpha value is -2.15. The minimum Gasteiger partial charge on any atom is -0.349 e. The third-order valence-electron chi connectivity index (χ3n) is 4.56. The molecule has 8 heteroatoms. The number of fused-ring (bicyclic) bond motifs is 1. The average molecular weight is 332 g/mol. The van der Waals surface area contributed by atoms with Crippen LogP contribution < -0.4 is 4.90 Å². The lowest BCUT2D eigenvalue weighted by molar-refractivity contribution is 0.707. The van der Waals surface area contributed by atoms with Gasteiger partial charge in [-0.1, -0.05) is 11.6 Å². The van der Waals surface area contributed by atoms with Crippen molar-refractivity contribution in [3.05, 3.63) is 28.9 Å². The summed E-state index contributed by atoms with van der Waals surface area (Å²) in [5, 5.41) is 10.4. The van der Waals surface area contributed by atoms with Crippen LogP contribution in [0.1, 0.15) is 30.1 Å². The highest BCUT2D eigenvalue weighted by Crippen LogP contribution is 2.41. The lowest BCUT2D eigenvalue weighted by Gasteiger charge is -2.26. The van der Waals surface area contributed by atoms with Crippen molar-refractivity contribution in [2.45, 2.75) is 25.8 Å². The Labute approximate surface area is 138 Å². The number of aryl methyl sites for hydroxylation is 3. The van der Waals surface area contributed by atoms with Crippen LogP contribution in [0.3, 0.4) is 0 Å². The van der Waals surface area contributed by atoms with Crippen LogP contribution in [0.25, 0.3) is 11.0 Å². The van der Waals surface area contributed by atoms with E-state index >= 15 is 0 Å². The normalized spacial score (nSPS) is 18.3. The van der Waals surface area contributed by atoms with E-state index in [1.165, 1.54) is 0 Å². The Bertz CT molecular complexity index is 881. The van der Waals surface area contributed by atoms with Gasteiger partial charge in [0.15, 0.2) is 5.65 Å². The van der Waals surface area contributed by atoms with E-state index in [9.17, 15) is 0 Å². The Kier molecular flexibility index (Phi) is 3.26. The van der Waals surface area contributed by atoms with Gasteiger partial charge in [-0.3, -0.25) is 9.36 Å². The van der Waals surface area contributed by atoms with Crippen molar-refractivity contribution in [2.24, 2.45) is 14.1 Å². The van der Waals surface area contributed by atoms with Gasteiger partial charge < -0.3 is 4.90 Å². The monoisotopic (exact) mass is 331 g/mol. The first-order valence-electron chi connectivity index (χ1n) is 7.66. The summed E-state index contributed by atoms with van der Waals surface area (Å²) in [4.78, 5) is 11.2. The Morgan fingerprint density at radius 2 is 2.04 bits per heavy atom. The fourth-order valence-electron chi connectivity index (χ4n) is 3.52. The summed E-state index contributed by atoms with van der Waals surface area (Å²) in [7, 11) is 3.77. The summed E-state index contributed by atoms with van der Waals surface area (Å²) in [6.45, 7) is 2.95. The first-order valence-corrected chi connectivity index (χ1v) is 8.04. The molecule has 1 atom stereocenters. The van der Waals surface area contributed by atoms with Gasteiger partial charge in [-0.2, -0.15) is 10.2 Å². The lowest BCUT2D eigenvalue weighted by Crippen LogP contribution is -2.24. The second-order valence-corrected chi connectivity index (χ2v) is 6.33. The van der Waals surface area contributed by atoms with E-state index in [-0.39, 0.29) is 6.04 Å². The zero-order valence-corrected chi connectivity index (χ0v) is 14.1. The molecule has 1 fully saturated rings. The Morgan fingerprint density at radius 1 is 1.22 bits per heavy atom. The minimum absolute atomic E-state index is 0.189. The third kappa shape index (κ3) is 2.10. The SMILES string of the molecule is Cc1nn(C)c(Cl)c1C1CCCN1c1ncnc2c1cnn2C. The highest BCUT2D eigenvalue weighted by atomic mass is 35.5. The second kappa shape index (κ2) is 5.19. The lowest BCUT2D eigenvalue weighted by atomic mass is 10.1. The van der Waals surface area contributed by atoms with Crippen molar-refractivity contribution in [1.29, 1.82) is 0 Å². The topological polar surface area (TPSA) is 64.7 Å². The zero-order chi connectivity index (χ0) is 16.1. The number of halogens is 1. The maximum Gasteiger partial charge on any atom is 0.163 e. The standard InChI is InChI=1S/C15H18ClN7/c1-9-12(13(16)21(2)20-9)11-5-4-6-23(11)15-10-7-19-22(3)14(10)17-8-18-15/h7-8,11H,4-6H2,1-3H3. The van der Waals surface area contributed by atoms with Gasteiger partial charge in [-0.05, 0) is 19.8 Å². The molecule has 4 rings (SSSR count). The molecule has 3 aromatic heterocycles. The molecule has 0 aromatic carbocycles. The minimum atomic E-state index is 0.189. The third-order valence-corrected chi connectivity index (χ3v) is 5.01. The molecule has 1 aliphatic heterocycles. The van der Waals surface area contributed by atoms with Crippen LogP contribution in [0.15, 0.2) is 12.5 Å². The molecule has 4 heterocycles. The van der Waals surface area contributed by atoms with Crippen LogP contribution in [-0.4, -0.2) is 36.1 Å². The summed E-state index contributed by atoms with van der Waals surface area (Å²) >= 11 is 6.49. The molecule has 1 aliphatic rings. The number of anilines is 1. The summed E-state index contributed by atoms with van der Waals surface area (Å²) in [6.07, 6.45) is 5.57. The van der Waals surface area contributed by atoms with Gasteiger partial charge >= 0.3 is 0 Å². The molecular weight excluding hydrogens is 314 g/mol. The molecule has 1 saturated heterocycles. The molecule has 0 spiro atoms. The molecule has 7 nitrogen and oxygen atoms in total. The Morgan fingerprint density at radius 3 is 2.78 bits per heavy atom. The van der Waals surface area contributed by atoms with E-state index in [0.717, 1.165) is 47.5 Å². The molecule has 0 amide bonds. The fourth-order valence-corrected chi connectivity index (χ4v) is 3.82. The van der Waals surface area contributed by atoms with Crippen LogP contribution in [0.2, 0.25) is 5.15 Å². The molecule has 0 N–H and O–H groups in total. The molecule has 0 saturated carbocycles. The van der Waals surface area contributed by atoms with Crippen LogP contribution in [-0.2, 0) is 14.1 Å². The molecule has 0 radical (unpaired) electrons. The first-order chi connectivity index (χ1) is 11.1. The van der Waals surface area contributed by atoms with E-state index in [1.807, 2.05) is 27.2 Å². The number of nitrogens with zero attached hydrogens (tertiary/aromatic N) is 7. The smallest absolute Gasteiger partial charge is 0.163 e. The maximum absolute atomic E-state index is 6.49. The van der Waals surface area contributed by atoms with Crippen molar-refractivity contribution >= 4 is 28.5 Å². The van der Waals surface area contributed by atoms with E-state index in [2.05, 4.69) is 25.1 Å². The van der Waals surface area contributed by atoms with Crippen molar-refractivity contribution in [3.8, 4) is 0 Å². The molecule has 0 bridgehead atoms.